The minimum absolute atomic E-state index is 0.479. The van der Waals surface area contributed by atoms with Crippen LogP contribution in [0.4, 0.5) is 0 Å². The molecule has 0 saturated heterocycles. The molecule has 0 radical (unpaired) electrons. The summed E-state index contributed by atoms with van der Waals surface area (Å²) in [5.74, 6) is 0.479. The third-order valence-corrected chi connectivity index (χ3v) is 9.75. The van der Waals surface area contributed by atoms with Gasteiger partial charge >= 0.3 is 0 Å². The van der Waals surface area contributed by atoms with E-state index in [4.69, 9.17) is 15.0 Å². The standard InChI is InChI=1S/C43H27N3/c1-2-10-27(11-3-1)38-16-7-17-39(45-38)35-24-30-13-8-22-44-41(30)43-37(35)25-36-33-21-20-31(29-19-18-26-9-4-5-12-28(26)23-29)32-14-6-15-34(40(32)33)42(36)46-43/h1-17,19-26H,18H2. The lowest BCUT2D eigenvalue weighted by Crippen LogP contribution is -2.05. The highest BCUT2D eigenvalue weighted by Gasteiger charge is 2.27. The molecule has 3 aliphatic rings. The molecule has 7 aromatic rings. The van der Waals surface area contributed by atoms with Gasteiger partial charge in [0.15, 0.2) is 0 Å². The Labute approximate surface area is 266 Å². The summed E-state index contributed by atoms with van der Waals surface area (Å²) in [6.07, 6.45) is 16.5. The lowest BCUT2D eigenvalue weighted by molar-refractivity contribution is 0.783. The number of hydrogen-bond donors (Lipinski definition) is 0. The Balaban J connectivity index is 1.20. The SMILES string of the molecule is C1=CC2=CC(c3ccc4c5c(cccc35)-c3nc5c(cc3-4)c(-c3cccc(-c4ccccc4)n3)cc3cccnc35)=CCC2C=C1. The maximum atomic E-state index is 5.45. The van der Waals surface area contributed by atoms with Crippen LogP contribution in [0.15, 0.2) is 151 Å². The minimum Gasteiger partial charge on any atom is -0.254 e. The number of aromatic nitrogens is 3. The molecule has 3 nitrogen and oxygen atoms in total. The fourth-order valence-electron chi connectivity index (χ4n) is 7.57. The van der Waals surface area contributed by atoms with E-state index in [1.807, 2.05) is 18.3 Å². The zero-order valence-corrected chi connectivity index (χ0v) is 25.0. The molecule has 0 amide bonds. The van der Waals surface area contributed by atoms with Crippen molar-refractivity contribution in [2.75, 3.05) is 0 Å². The average Bonchev–Trinajstić information content (AvgIpc) is 3.44. The summed E-state index contributed by atoms with van der Waals surface area (Å²) < 4.78 is 0. The highest BCUT2D eigenvalue weighted by atomic mass is 14.8. The van der Waals surface area contributed by atoms with Crippen molar-refractivity contribution in [1.29, 1.82) is 0 Å². The molecule has 0 aliphatic heterocycles. The topological polar surface area (TPSA) is 38.7 Å². The number of pyridine rings is 3. The number of allylic oxidation sites excluding steroid dienone is 8. The van der Waals surface area contributed by atoms with Gasteiger partial charge in [0.2, 0.25) is 0 Å². The summed E-state index contributed by atoms with van der Waals surface area (Å²) >= 11 is 0. The van der Waals surface area contributed by atoms with Crippen LogP contribution in [0.2, 0.25) is 0 Å². The molecule has 3 heterocycles. The van der Waals surface area contributed by atoms with Crippen LogP contribution in [0.5, 0.6) is 0 Å². The van der Waals surface area contributed by atoms with Gasteiger partial charge in [-0.05, 0) is 69.8 Å². The largest absolute Gasteiger partial charge is 0.254 e. The molecule has 46 heavy (non-hydrogen) atoms. The summed E-state index contributed by atoms with van der Waals surface area (Å²) in [5, 5.41) is 4.67. The Hall–Kier alpha value is -5.93. The molecule has 3 heteroatoms. The van der Waals surface area contributed by atoms with Crippen molar-refractivity contribution in [3.8, 4) is 44.9 Å². The van der Waals surface area contributed by atoms with Gasteiger partial charge in [-0.3, -0.25) is 4.98 Å². The maximum Gasteiger partial charge on any atom is 0.0979 e. The van der Waals surface area contributed by atoms with Crippen LogP contribution in [0.1, 0.15) is 12.0 Å². The van der Waals surface area contributed by atoms with Crippen molar-refractivity contribution in [2.24, 2.45) is 5.92 Å². The summed E-state index contributed by atoms with van der Waals surface area (Å²) in [6, 6.07) is 36.6. The van der Waals surface area contributed by atoms with Crippen molar-refractivity contribution in [2.45, 2.75) is 6.42 Å². The fourth-order valence-corrected chi connectivity index (χ4v) is 7.57. The van der Waals surface area contributed by atoms with E-state index >= 15 is 0 Å². The second-order valence-electron chi connectivity index (χ2n) is 12.3. The number of benzene rings is 4. The summed E-state index contributed by atoms with van der Waals surface area (Å²) in [6.45, 7) is 0. The molecule has 214 valence electrons. The van der Waals surface area contributed by atoms with Crippen molar-refractivity contribution in [3.05, 3.63) is 157 Å². The lowest BCUT2D eigenvalue weighted by atomic mass is 9.83. The highest BCUT2D eigenvalue weighted by molar-refractivity contribution is 6.20. The second kappa shape index (κ2) is 9.79. The zero-order chi connectivity index (χ0) is 30.2. The van der Waals surface area contributed by atoms with E-state index in [-0.39, 0.29) is 0 Å². The van der Waals surface area contributed by atoms with Crippen LogP contribution in [0.3, 0.4) is 0 Å². The van der Waals surface area contributed by atoms with Gasteiger partial charge in [-0.2, -0.15) is 0 Å². The first-order chi connectivity index (χ1) is 22.8. The highest BCUT2D eigenvalue weighted by Crippen LogP contribution is 2.50. The van der Waals surface area contributed by atoms with Gasteiger partial charge in [0.25, 0.3) is 0 Å². The molecule has 0 fully saturated rings. The van der Waals surface area contributed by atoms with Crippen molar-refractivity contribution in [3.63, 3.8) is 0 Å². The molecule has 0 bridgehead atoms. The quantitative estimate of drug-likeness (QED) is 0.194. The predicted octanol–water partition coefficient (Wildman–Crippen LogP) is 10.8. The Kier molecular flexibility index (Phi) is 5.40. The first kappa shape index (κ1) is 25.4. The van der Waals surface area contributed by atoms with Crippen molar-refractivity contribution >= 4 is 38.2 Å². The molecule has 0 N–H and O–H groups in total. The summed E-state index contributed by atoms with van der Waals surface area (Å²) in [7, 11) is 0. The smallest absolute Gasteiger partial charge is 0.0979 e. The molecular weight excluding hydrogens is 558 g/mol. The zero-order valence-electron chi connectivity index (χ0n) is 25.0. The van der Waals surface area contributed by atoms with Crippen LogP contribution in [0.25, 0.3) is 83.1 Å². The van der Waals surface area contributed by atoms with Crippen LogP contribution in [-0.2, 0) is 0 Å². The van der Waals surface area contributed by atoms with Crippen LogP contribution in [-0.4, -0.2) is 15.0 Å². The maximum absolute atomic E-state index is 5.45. The average molecular weight is 586 g/mol. The summed E-state index contributed by atoms with van der Waals surface area (Å²) in [5.41, 5.74) is 14.4. The number of nitrogens with zero attached hydrogens (tertiary/aromatic N) is 3. The molecular formula is C43H27N3. The number of rotatable bonds is 3. The number of hydrogen-bond acceptors (Lipinski definition) is 3. The minimum atomic E-state index is 0.479. The summed E-state index contributed by atoms with van der Waals surface area (Å²) in [4.78, 5) is 15.5. The van der Waals surface area contributed by atoms with Gasteiger partial charge in [0, 0.05) is 45.1 Å². The van der Waals surface area contributed by atoms with E-state index in [2.05, 4.69) is 127 Å². The van der Waals surface area contributed by atoms with E-state index in [1.54, 1.807) is 0 Å². The van der Waals surface area contributed by atoms with E-state index in [9.17, 15) is 0 Å². The molecule has 4 aromatic carbocycles. The molecule has 1 unspecified atom stereocenters. The molecule has 3 aliphatic carbocycles. The lowest BCUT2D eigenvalue weighted by Gasteiger charge is -2.22. The van der Waals surface area contributed by atoms with Crippen molar-refractivity contribution < 1.29 is 0 Å². The fraction of sp³-hybridized carbons (Fsp3) is 0.0465. The van der Waals surface area contributed by atoms with Gasteiger partial charge in [-0.15, -0.1) is 0 Å². The Bertz CT molecular complexity index is 2550. The third kappa shape index (κ3) is 3.75. The van der Waals surface area contributed by atoms with E-state index in [0.29, 0.717) is 5.92 Å². The van der Waals surface area contributed by atoms with Gasteiger partial charge < -0.3 is 0 Å². The second-order valence-corrected chi connectivity index (χ2v) is 12.3. The predicted molar refractivity (Wildman–Crippen MR) is 190 cm³/mol. The Morgan fingerprint density at radius 1 is 0.609 bits per heavy atom. The monoisotopic (exact) mass is 585 g/mol. The van der Waals surface area contributed by atoms with Gasteiger partial charge in [-0.25, -0.2) is 9.97 Å². The molecule has 3 aromatic heterocycles. The van der Waals surface area contributed by atoms with Gasteiger partial charge in [-0.1, -0.05) is 109 Å². The van der Waals surface area contributed by atoms with Gasteiger partial charge in [0.1, 0.15) is 0 Å². The molecule has 0 saturated carbocycles. The van der Waals surface area contributed by atoms with Gasteiger partial charge in [0.05, 0.1) is 28.1 Å². The molecule has 0 spiro atoms. The molecule has 1 atom stereocenters. The van der Waals surface area contributed by atoms with Crippen LogP contribution < -0.4 is 0 Å². The van der Waals surface area contributed by atoms with E-state index in [1.165, 1.54) is 38.6 Å². The first-order valence-electron chi connectivity index (χ1n) is 15.9. The number of fused-ring (bicyclic) bond motifs is 7. The van der Waals surface area contributed by atoms with Crippen LogP contribution in [0, 0.1) is 5.92 Å². The Morgan fingerprint density at radius 3 is 2.46 bits per heavy atom. The van der Waals surface area contributed by atoms with Crippen molar-refractivity contribution in [1.82, 2.24) is 15.0 Å². The third-order valence-electron chi connectivity index (χ3n) is 9.75. The van der Waals surface area contributed by atoms with Crippen LogP contribution >= 0.6 is 0 Å². The van der Waals surface area contributed by atoms with E-state index in [0.717, 1.165) is 62.0 Å². The normalized spacial score (nSPS) is 16.0. The first-order valence-corrected chi connectivity index (χ1v) is 15.9. The van der Waals surface area contributed by atoms with E-state index < -0.39 is 0 Å². The Morgan fingerprint density at radius 2 is 1.50 bits per heavy atom. The molecule has 10 rings (SSSR count).